The summed E-state index contributed by atoms with van der Waals surface area (Å²) in [4.78, 5) is 0. The van der Waals surface area contributed by atoms with Crippen molar-refractivity contribution in [2.45, 2.75) is 0 Å². The summed E-state index contributed by atoms with van der Waals surface area (Å²) in [5.41, 5.74) is 1.04. The fourth-order valence-electron chi connectivity index (χ4n) is 1.46. The highest BCUT2D eigenvalue weighted by molar-refractivity contribution is 5.47. The fourth-order valence-corrected chi connectivity index (χ4v) is 1.46. The summed E-state index contributed by atoms with van der Waals surface area (Å²) >= 11 is 0. The van der Waals surface area contributed by atoms with E-state index in [4.69, 9.17) is 14.2 Å². The van der Waals surface area contributed by atoms with E-state index in [9.17, 15) is 0 Å². The molecule has 0 spiro atoms. The van der Waals surface area contributed by atoms with Crippen LogP contribution in [0.25, 0.3) is 0 Å². The van der Waals surface area contributed by atoms with Crippen molar-refractivity contribution in [3.63, 3.8) is 0 Å². The first-order chi connectivity index (χ1) is 9.36. The van der Waals surface area contributed by atoms with Crippen molar-refractivity contribution in [3.8, 4) is 5.75 Å². The molecule has 0 fully saturated rings. The number of nitrogens with one attached hydrogen (secondary N) is 2. The van der Waals surface area contributed by atoms with Crippen LogP contribution < -0.4 is 15.4 Å². The van der Waals surface area contributed by atoms with Gasteiger partial charge in [-0.2, -0.15) is 0 Å². The maximum absolute atomic E-state index is 5.58. The Morgan fingerprint density at radius 3 is 2.42 bits per heavy atom. The van der Waals surface area contributed by atoms with Crippen molar-refractivity contribution >= 4 is 5.69 Å². The van der Waals surface area contributed by atoms with Gasteiger partial charge in [0, 0.05) is 25.3 Å². The highest BCUT2D eigenvalue weighted by Crippen LogP contribution is 2.16. The first-order valence-corrected chi connectivity index (χ1v) is 6.57. The number of rotatable bonds is 11. The van der Waals surface area contributed by atoms with Gasteiger partial charge in [0.25, 0.3) is 0 Å². The summed E-state index contributed by atoms with van der Waals surface area (Å²) in [7, 11) is 3.79. The molecular formula is C14H24N2O3. The van der Waals surface area contributed by atoms with Crippen LogP contribution in [0.4, 0.5) is 5.69 Å². The Morgan fingerprint density at radius 2 is 1.68 bits per heavy atom. The summed E-state index contributed by atoms with van der Waals surface area (Å²) < 4.78 is 16.3. The van der Waals surface area contributed by atoms with Crippen molar-refractivity contribution in [2.75, 3.05) is 59.0 Å². The van der Waals surface area contributed by atoms with Crippen LogP contribution in [0.3, 0.4) is 0 Å². The number of benzene rings is 1. The predicted octanol–water partition coefficient (Wildman–Crippen LogP) is 1.36. The Hall–Kier alpha value is -1.30. The third-order valence-corrected chi connectivity index (χ3v) is 2.49. The molecule has 0 atom stereocenters. The Morgan fingerprint density at radius 1 is 0.947 bits per heavy atom. The molecule has 0 heterocycles. The number of hydrogen-bond acceptors (Lipinski definition) is 5. The van der Waals surface area contributed by atoms with Crippen molar-refractivity contribution in [1.29, 1.82) is 0 Å². The molecule has 2 N–H and O–H groups in total. The first-order valence-electron chi connectivity index (χ1n) is 6.57. The van der Waals surface area contributed by atoms with E-state index >= 15 is 0 Å². The molecule has 1 rings (SSSR count). The molecule has 0 radical (unpaired) electrons. The van der Waals surface area contributed by atoms with Crippen molar-refractivity contribution < 1.29 is 14.2 Å². The summed E-state index contributed by atoms with van der Waals surface area (Å²) in [5, 5.41) is 6.08. The third kappa shape index (κ3) is 7.66. The Kier molecular flexibility index (Phi) is 8.80. The van der Waals surface area contributed by atoms with Gasteiger partial charge in [-0.25, -0.2) is 0 Å². The Labute approximate surface area is 115 Å². The molecule has 19 heavy (non-hydrogen) atoms. The highest BCUT2D eigenvalue weighted by atomic mass is 16.5. The lowest BCUT2D eigenvalue weighted by Crippen LogP contribution is -2.17. The van der Waals surface area contributed by atoms with Gasteiger partial charge in [-0.15, -0.1) is 0 Å². The van der Waals surface area contributed by atoms with Crippen molar-refractivity contribution in [2.24, 2.45) is 0 Å². The summed E-state index contributed by atoms with van der Waals surface area (Å²) in [6.07, 6.45) is 0. The van der Waals surface area contributed by atoms with Gasteiger partial charge in [0.05, 0.1) is 26.4 Å². The SMILES string of the molecule is CNCCOCCOCCOc1cccc(NC)c1. The molecule has 5 heteroatoms. The van der Waals surface area contributed by atoms with Gasteiger partial charge < -0.3 is 24.8 Å². The Balaban J connectivity index is 1.98. The van der Waals surface area contributed by atoms with Crippen molar-refractivity contribution in [3.05, 3.63) is 24.3 Å². The highest BCUT2D eigenvalue weighted by Gasteiger charge is 1.95. The van der Waals surface area contributed by atoms with E-state index < -0.39 is 0 Å². The molecule has 5 nitrogen and oxygen atoms in total. The van der Waals surface area contributed by atoms with Crippen molar-refractivity contribution in [1.82, 2.24) is 5.32 Å². The second-order valence-corrected chi connectivity index (χ2v) is 3.95. The Bertz CT molecular complexity index is 334. The number of hydrogen-bond donors (Lipinski definition) is 2. The second kappa shape index (κ2) is 10.6. The van der Waals surface area contributed by atoms with Crippen LogP contribution >= 0.6 is 0 Å². The average molecular weight is 268 g/mol. The van der Waals surface area contributed by atoms with Gasteiger partial charge in [0.15, 0.2) is 0 Å². The summed E-state index contributed by atoms with van der Waals surface area (Å²) in [6, 6.07) is 7.84. The molecule has 0 aliphatic carbocycles. The second-order valence-electron chi connectivity index (χ2n) is 3.95. The van der Waals surface area contributed by atoms with Crippen LogP contribution in [-0.2, 0) is 9.47 Å². The standard InChI is InChI=1S/C14H24N2O3/c1-15-6-7-17-8-9-18-10-11-19-14-5-3-4-13(12-14)16-2/h3-5,12,15-16H,6-11H2,1-2H3. The molecule has 0 unspecified atom stereocenters. The molecule has 108 valence electrons. The largest absolute Gasteiger partial charge is 0.491 e. The topological polar surface area (TPSA) is 51.8 Å². The molecular weight excluding hydrogens is 244 g/mol. The molecule has 1 aromatic rings. The van der Waals surface area contributed by atoms with Crippen LogP contribution in [0.15, 0.2) is 24.3 Å². The molecule has 0 aliphatic rings. The van der Waals surface area contributed by atoms with Crippen LogP contribution in [-0.4, -0.2) is 53.7 Å². The average Bonchev–Trinajstić information content (AvgIpc) is 2.46. The number of ether oxygens (including phenoxy) is 3. The van der Waals surface area contributed by atoms with E-state index in [0.717, 1.165) is 18.0 Å². The fraction of sp³-hybridized carbons (Fsp3) is 0.571. The minimum absolute atomic E-state index is 0.545. The monoisotopic (exact) mass is 268 g/mol. The van der Waals surface area contributed by atoms with Gasteiger partial charge in [0.2, 0.25) is 0 Å². The minimum Gasteiger partial charge on any atom is -0.491 e. The smallest absolute Gasteiger partial charge is 0.121 e. The normalized spacial score (nSPS) is 10.4. The number of anilines is 1. The van der Waals surface area contributed by atoms with E-state index in [1.165, 1.54) is 0 Å². The summed E-state index contributed by atoms with van der Waals surface area (Å²) in [6.45, 7) is 3.92. The van der Waals surface area contributed by atoms with Gasteiger partial charge in [-0.1, -0.05) is 6.07 Å². The molecule has 0 aromatic heterocycles. The van der Waals surface area contributed by atoms with Gasteiger partial charge in [-0.05, 0) is 19.2 Å². The maximum Gasteiger partial charge on any atom is 0.121 e. The first kappa shape index (κ1) is 15.8. The molecule has 1 aromatic carbocycles. The third-order valence-electron chi connectivity index (χ3n) is 2.49. The number of likely N-dealkylation sites (N-methyl/N-ethyl adjacent to an activating group) is 1. The van der Waals surface area contributed by atoms with Crippen LogP contribution in [0.5, 0.6) is 5.75 Å². The van der Waals surface area contributed by atoms with Gasteiger partial charge >= 0.3 is 0 Å². The summed E-state index contributed by atoms with van der Waals surface area (Å²) in [5.74, 6) is 0.848. The quantitative estimate of drug-likeness (QED) is 0.594. The van der Waals surface area contributed by atoms with E-state index in [1.54, 1.807) is 0 Å². The lowest BCUT2D eigenvalue weighted by atomic mass is 10.3. The van der Waals surface area contributed by atoms with Crippen LogP contribution in [0.2, 0.25) is 0 Å². The zero-order valence-electron chi connectivity index (χ0n) is 11.8. The van der Waals surface area contributed by atoms with E-state index in [1.807, 2.05) is 38.4 Å². The van der Waals surface area contributed by atoms with Crippen LogP contribution in [0, 0.1) is 0 Å². The lowest BCUT2D eigenvalue weighted by molar-refractivity contribution is 0.0376. The predicted molar refractivity (Wildman–Crippen MR) is 77.0 cm³/mol. The van der Waals surface area contributed by atoms with E-state index in [-0.39, 0.29) is 0 Å². The molecule has 0 aliphatic heterocycles. The van der Waals surface area contributed by atoms with Gasteiger partial charge in [-0.3, -0.25) is 0 Å². The van der Waals surface area contributed by atoms with Crippen LogP contribution in [0.1, 0.15) is 0 Å². The van der Waals surface area contributed by atoms with Gasteiger partial charge in [0.1, 0.15) is 12.4 Å². The molecule has 0 saturated carbocycles. The molecule has 0 amide bonds. The lowest BCUT2D eigenvalue weighted by Gasteiger charge is -2.09. The molecule has 0 bridgehead atoms. The van der Waals surface area contributed by atoms with E-state index in [0.29, 0.717) is 33.0 Å². The van der Waals surface area contributed by atoms with E-state index in [2.05, 4.69) is 10.6 Å². The zero-order chi connectivity index (χ0) is 13.8. The maximum atomic E-state index is 5.58. The zero-order valence-corrected chi connectivity index (χ0v) is 11.8. The molecule has 0 saturated heterocycles. The minimum atomic E-state index is 0.545.